The van der Waals surface area contributed by atoms with Gasteiger partial charge in [0, 0.05) is 13.2 Å². The number of carbonyl (C=O) groups excluding carboxylic acids is 1. The zero-order valence-electron chi connectivity index (χ0n) is 11.2. The molecule has 0 aliphatic rings. The molecule has 1 aromatic rings. The lowest BCUT2D eigenvalue weighted by Gasteiger charge is -2.13. The number of aromatic carboxylic acids is 1. The number of hydrogen-bond acceptors (Lipinski definition) is 4. The first-order chi connectivity index (χ1) is 9.43. The van der Waals surface area contributed by atoms with Crippen molar-refractivity contribution in [3.05, 3.63) is 28.2 Å². The quantitative estimate of drug-likeness (QED) is 0.785. The van der Waals surface area contributed by atoms with Crippen molar-refractivity contribution in [2.45, 2.75) is 13.0 Å². The van der Waals surface area contributed by atoms with Crippen LogP contribution in [-0.4, -0.2) is 43.3 Å². The summed E-state index contributed by atoms with van der Waals surface area (Å²) in [5.74, 6) is -1.05. The highest BCUT2D eigenvalue weighted by Crippen LogP contribution is 2.26. The van der Waals surface area contributed by atoms with Gasteiger partial charge in [-0.15, -0.1) is 0 Å². The predicted octanol–water partition coefficient (Wildman–Crippen LogP) is 1.68. The number of nitrogens with one attached hydrogen (secondary N) is 1. The standard InChI is InChI=1S/C13H16BrNO5/c1-8(6-19-2)15-12(16)7-20-11-5-9(13(17)18)3-4-10(11)14/h3-5,8H,6-7H2,1-2H3,(H,15,16)(H,17,18). The molecular formula is C13H16BrNO5. The van der Waals surface area contributed by atoms with Gasteiger partial charge >= 0.3 is 5.97 Å². The molecule has 0 aromatic heterocycles. The molecule has 1 amide bonds. The van der Waals surface area contributed by atoms with E-state index in [9.17, 15) is 9.59 Å². The minimum atomic E-state index is -1.06. The molecule has 6 nitrogen and oxygen atoms in total. The first-order valence-corrected chi connectivity index (χ1v) is 6.67. The van der Waals surface area contributed by atoms with Gasteiger partial charge in [0.15, 0.2) is 6.61 Å². The Morgan fingerprint density at radius 3 is 2.75 bits per heavy atom. The number of ether oxygens (including phenoxy) is 2. The fourth-order valence-electron chi connectivity index (χ4n) is 1.50. The predicted molar refractivity (Wildman–Crippen MR) is 76.1 cm³/mol. The summed E-state index contributed by atoms with van der Waals surface area (Å²) in [6.07, 6.45) is 0. The van der Waals surface area contributed by atoms with E-state index in [4.69, 9.17) is 14.6 Å². The molecular weight excluding hydrogens is 330 g/mol. The van der Waals surface area contributed by atoms with Gasteiger partial charge in [-0.3, -0.25) is 4.79 Å². The number of hydrogen-bond donors (Lipinski definition) is 2. The van der Waals surface area contributed by atoms with Crippen molar-refractivity contribution in [3.63, 3.8) is 0 Å². The summed E-state index contributed by atoms with van der Waals surface area (Å²) in [5, 5.41) is 11.6. The Bertz CT molecular complexity index is 492. The number of rotatable bonds is 7. The summed E-state index contributed by atoms with van der Waals surface area (Å²) in [4.78, 5) is 22.5. The molecule has 0 bridgehead atoms. The second-order valence-corrected chi connectivity index (χ2v) is 5.02. The van der Waals surface area contributed by atoms with E-state index in [0.717, 1.165) is 0 Å². The summed E-state index contributed by atoms with van der Waals surface area (Å²) in [5.41, 5.74) is 0.0939. The van der Waals surface area contributed by atoms with Crippen molar-refractivity contribution in [3.8, 4) is 5.75 Å². The Hall–Kier alpha value is -1.60. The zero-order valence-corrected chi connectivity index (χ0v) is 12.8. The lowest BCUT2D eigenvalue weighted by molar-refractivity contribution is -0.124. The van der Waals surface area contributed by atoms with Gasteiger partial charge in [-0.2, -0.15) is 0 Å². The van der Waals surface area contributed by atoms with Gasteiger partial charge in [0.05, 0.1) is 16.6 Å². The summed E-state index contributed by atoms with van der Waals surface area (Å²) >= 11 is 3.24. The van der Waals surface area contributed by atoms with Gasteiger partial charge in [0.2, 0.25) is 0 Å². The van der Waals surface area contributed by atoms with E-state index < -0.39 is 5.97 Å². The monoisotopic (exact) mass is 345 g/mol. The average molecular weight is 346 g/mol. The molecule has 1 rings (SSSR count). The van der Waals surface area contributed by atoms with Gasteiger partial charge in [-0.1, -0.05) is 0 Å². The van der Waals surface area contributed by atoms with E-state index in [-0.39, 0.29) is 24.1 Å². The molecule has 0 aliphatic heterocycles. The van der Waals surface area contributed by atoms with Crippen LogP contribution in [0.3, 0.4) is 0 Å². The third kappa shape index (κ3) is 5.18. The molecule has 0 radical (unpaired) electrons. The fourth-order valence-corrected chi connectivity index (χ4v) is 1.86. The molecule has 1 atom stereocenters. The first-order valence-electron chi connectivity index (χ1n) is 5.88. The highest BCUT2D eigenvalue weighted by molar-refractivity contribution is 9.10. The molecule has 2 N–H and O–H groups in total. The number of amides is 1. The second kappa shape index (κ2) is 7.86. The van der Waals surface area contributed by atoms with Crippen LogP contribution in [0, 0.1) is 0 Å². The Labute approximate surface area is 125 Å². The SMILES string of the molecule is COCC(C)NC(=O)COc1cc(C(=O)O)ccc1Br. The lowest BCUT2D eigenvalue weighted by atomic mass is 10.2. The van der Waals surface area contributed by atoms with Crippen LogP contribution in [-0.2, 0) is 9.53 Å². The first kappa shape index (κ1) is 16.5. The summed E-state index contributed by atoms with van der Waals surface area (Å²) in [6, 6.07) is 4.24. The third-order valence-corrected chi connectivity index (χ3v) is 3.02. The molecule has 20 heavy (non-hydrogen) atoms. The molecule has 110 valence electrons. The van der Waals surface area contributed by atoms with E-state index in [1.54, 1.807) is 13.2 Å². The molecule has 7 heteroatoms. The number of carboxylic acid groups (broad SMARTS) is 1. The van der Waals surface area contributed by atoms with Crippen LogP contribution in [0.1, 0.15) is 17.3 Å². The van der Waals surface area contributed by atoms with Crippen molar-refractivity contribution >= 4 is 27.8 Å². The Kier molecular flexibility index (Phi) is 6.47. The molecule has 1 unspecified atom stereocenters. The highest BCUT2D eigenvalue weighted by Gasteiger charge is 2.11. The second-order valence-electron chi connectivity index (χ2n) is 4.16. The Balaban J connectivity index is 2.59. The number of carbonyl (C=O) groups is 2. The number of carboxylic acids is 1. The van der Waals surface area contributed by atoms with Gasteiger partial charge < -0.3 is 19.9 Å². The zero-order chi connectivity index (χ0) is 15.1. The lowest BCUT2D eigenvalue weighted by Crippen LogP contribution is -2.38. The van der Waals surface area contributed by atoms with Crippen molar-refractivity contribution in [2.24, 2.45) is 0 Å². The Morgan fingerprint density at radius 2 is 2.15 bits per heavy atom. The summed E-state index contributed by atoms with van der Waals surface area (Å²) in [7, 11) is 1.55. The smallest absolute Gasteiger partial charge is 0.335 e. The van der Waals surface area contributed by atoms with Gasteiger partial charge in [-0.25, -0.2) is 4.79 Å². The minimum Gasteiger partial charge on any atom is -0.483 e. The van der Waals surface area contributed by atoms with Gasteiger partial charge in [-0.05, 0) is 41.1 Å². The minimum absolute atomic E-state index is 0.0939. The average Bonchev–Trinajstić information content (AvgIpc) is 2.37. The largest absolute Gasteiger partial charge is 0.483 e. The van der Waals surface area contributed by atoms with Crippen molar-refractivity contribution in [1.29, 1.82) is 0 Å². The van der Waals surface area contributed by atoms with Crippen LogP contribution < -0.4 is 10.1 Å². The normalized spacial score (nSPS) is 11.8. The molecule has 0 aliphatic carbocycles. The van der Waals surface area contributed by atoms with E-state index in [1.165, 1.54) is 12.1 Å². The molecule has 0 saturated carbocycles. The third-order valence-electron chi connectivity index (χ3n) is 2.36. The van der Waals surface area contributed by atoms with Crippen LogP contribution in [0.2, 0.25) is 0 Å². The van der Waals surface area contributed by atoms with Crippen LogP contribution in [0.15, 0.2) is 22.7 Å². The fraction of sp³-hybridized carbons (Fsp3) is 0.385. The van der Waals surface area contributed by atoms with Crippen LogP contribution >= 0.6 is 15.9 Å². The van der Waals surface area contributed by atoms with Crippen LogP contribution in [0.5, 0.6) is 5.75 Å². The molecule has 1 aromatic carbocycles. The van der Waals surface area contributed by atoms with E-state index >= 15 is 0 Å². The van der Waals surface area contributed by atoms with E-state index in [2.05, 4.69) is 21.2 Å². The summed E-state index contributed by atoms with van der Waals surface area (Å²) in [6.45, 7) is 2.02. The molecule has 0 heterocycles. The summed E-state index contributed by atoms with van der Waals surface area (Å²) < 4.78 is 10.8. The van der Waals surface area contributed by atoms with Gasteiger partial charge in [0.25, 0.3) is 5.91 Å². The number of benzene rings is 1. The van der Waals surface area contributed by atoms with E-state index in [0.29, 0.717) is 16.8 Å². The van der Waals surface area contributed by atoms with Gasteiger partial charge in [0.1, 0.15) is 5.75 Å². The van der Waals surface area contributed by atoms with Crippen molar-refractivity contribution in [2.75, 3.05) is 20.3 Å². The van der Waals surface area contributed by atoms with Crippen LogP contribution in [0.4, 0.5) is 0 Å². The topological polar surface area (TPSA) is 84.9 Å². The molecule has 0 fully saturated rings. The maximum absolute atomic E-state index is 11.6. The maximum Gasteiger partial charge on any atom is 0.335 e. The highest BCUT2D eigenvalue weighted by atomic mass is 79.9. The van der Waals surface area contributed by atoms with Crippen molar-refractivity contribution in [1.82, 2.24) is 5.32 Å². The van der Waals surface area contributed by atoms with E-state index in [1.807, 2.05) is 6.92 Å². The van der Waals surface area contributed by atoms with Crippen molar-refractivity contribution < 1.29 is 24.2 Å². The molecule has 0 saturated heterocycles. The maximum atomic E-state index is 11.6. The molecule has 0 spiro atoms. The number of halogens is 1. The number of methoxy groups -OCH3 is 1. The Morgan fingerprint density at radius 1 is 1.45 bits per heavy atom. The van der Waals surface area contributed by atoms with Crippen LogP contribution in [0.25, 0.3) is 0 Å².